The van der Waals surface area contributed by atoms with Gasteiger partial charge in [0.15, 0.2) is 0 Å². The molecule has 178 valence electrons. The molecule has 2 aromatic rings. The molecule has 0 saturated carbocycles. The highest BCUT2D eigenvalue weighted by Crippen LogP contribution is 2.39. The van der Waals surface area contributed by atoms with Crippen LogP contribution in [0.5, 0.6) is 0 Å². The van der Waals surface area contributed by atoms with Gasteiger partial charge < -0.3 is 19.7 Å². The number of carbonyl (C=O) groups is 1. The lowest BCUT2D eigenvalue weighted by atomic mass is 9.99. The molecule has 0 atom stereocenters. The molecule has 2 amide bonds. The number of anilines is 2. The third kappa shape index (κ3) is 3.98. The standard InChI is InChI=1S/C22H27N4O6S/c1-14-13-32-22(23-14)25(17-8-10-31-11-9-17)33(29,30)26(28)21(27)24-20-18-6-2-4-15(18)12-16-5-3-7-19(16)20/h12-13,17H,2-11H2,1H3,(H,24,27)/q-1. The van der Waals surface area contributed by atoms with Gasteiger partial charge in [-0.15, -0.1) is 0 Å². The van der Waals surface area contributed by atoms with Crippen molar-refractivity contribution in [2.24, 2.45) is 0 Å². The molecule has 11 heteroatoms. The van der Waals surface area contributed by atoms with Gasteiger partial charge in [0, 0.05) is 18.9 Å². The number of hydrogen-bond donors (Lipinski definition) is 1. The zero-order chi connectivity index (χ0) is 23.2. The van der Waals surface area contributed by atoms with Gasteiger partial charge in [-0.25, -0.2) is 9.10 Å². The summed E-state index contributed by atoms with van der Waals surface area (Å²) in [4.78, 5) is 17.1. The number of fused-ring (bicyclic) bond motifs is 2. The fourth-order valence-electron chi connectivity index (χ4n) is 5.11. The first kappa shape index (κ1) is 22.2. The van der Waals surface area contributed by atoms with Crippen molar-refractivity contribution in [1.29, 1.82) is 0 Å². The molecule has 3 aliphatic rings. The lowest BCUT2D eigenvalue weighted by molar-refractivity contribution is 0.0867. The SMILES string of the molecule is Cc1coc(N(C2CCOCC2)S(=O)(=O)N([O-])C(=O)Nc2c3c(cc4c2CCC4)CCC3)n1. The summed E-state index contributed by atoms with van der Waals surface area (Å²) in [5.41, 5.74) is 5.45. The second-order valence-electron chi connectivity index (χ2n) is 8.81. The highest BCUT2D eigenvalue weighted by Gasteiger charge is 2.38. The zero-order valence-corrected chi connectivity index (χ0v) is 19.3. The Morgan fingerprint density at radius 1 is 1.12 bits per heavy atom. The van der Waals surface area contributed by atoms with Crippen LogP contribution in [-0.4, -0.2) is 43.2 Å². The first-order chi connectivity index (χ1) is 15.9. The maximum atomic E-state index is 13.4. The molecule has 1 N–H and O–H groups in total. The van der Waals surface area contributed by atoms with Crippen LogP contribution in [0.25, 0.3) is 0 Å². The van der Waals surface area contributed by atoms with Crippen molar-refractivity contribution in [3.8, 4) is 0 Å². The maximum Gasteiger partial charge on any atom is 0.326 e. The molecule has 0 unspecified atom stereocenters. The van der Waals surface area contributed by atoms with Crippen molar-refractivity contribution >= 4 is 27.9 Å². The molecule has 33 heavy (non-hydrogen) atoms. The van der Waals surface area contributed by atoms with Gasteiger partial charge in [-0.3, -0.25) is 4.47 Å². The number of nitrogens with zero attached hydrogens (tertiary/aromatic N) is 3. The van der Waals surface area contributed by atoms with Gasteiger partial charge in [0.05, 0.1) is 11.7 Å². The Hall–Kier alpha value is -2.63. The van der Waals surface area contributed by atoms with Gasteiger partial charge in [0.25, 0.3) is 0 Å². The van der Waals surface area contributed by atoms with Crippen molar-refractivity contribution in [3.63, 3.8) is 0 Å². The van der Waals surface area contributed by atoms with Crippen molar-refractivity contribution < 1.29 is 22.4 Å². The molecular formula is C22H27N4O6S-. The third-order valence-corrected chi connectivity index (χ3v) is 8.18. The monoisotopic (exact) mass is 475 g/mol. The maximum absolute atomic E-state index is 13.4. The molecule has 1 saturated heterocycles. The van der Waals surface area contributed by atoms with Crippen LogP contribution >= 0.6 is 0 Å². The molecule has 1 aromatic carbocycles. The van der Waals surface area contributed by atoms with E-state index in [1.54, 1.807) is 6.92 Å². The fraction of sp³-hybridized carbons (Fsp3) is 0.545. The summed E-state index contributed by atoms with van der Waals surface area (Å²) in [6.07, 6.45) is 7.41. The molecule has 2 aliphatic carbocycles. The average Bonchev–Trinajstić information content (AvgIpc) is 3.55. The van der Waals surface area contributed by atoms with E-state index in [2.05, 4.69) is 16.4 Å². The number of amides is 2. The second kappa shape index (κ2) is 8.62. The Bertz CT molecular complexity index is 1140. The second-order valence-corrected chi connectivity index (χ2v) is 10.4. The number of ether oxygens (including phenoxy) is 1. The topological polar surface area (TPSA) is 128 Å². The van der Waals surface area contributed by atoms with Crippen LogP contribution in [0.1, 0.15) is 53.6 Å². The van der Waals surface area contributed by atoms with E-state index in [1.807, 2.05) is 0 Å². The number of aromatic nitrogens is 1. The Labute approximate surface area is 192 Å². The summed E-state index contributed by atoms with van der Waals surface area (Å²) in [5.74, 6) is 0. The van der Waals surface area contributed by atoms with Gasteiger partial charge in [-0.1, -0.05) is 6.07 Å². The van der Waals surface area contributed by atoms with E-state index in [9.17, 15) is 18.4 Å². The van der Waals surface area contributed by atoms with E-state index in [4.69, 9.17) is 9.15 Å². The number of aryl methyl sites for hydroxylation is 3. The van der Waals surface area contributed by atoms with Crippen LogP contribution in [0.3, 0.4) is 0 Å². The van der Waals surface area contributed by atoms with E-state index in [0.717, 1.165) is 54.0 Å². The molecular weight excluding hydrogens is 448 g/mol. The Balaban J connectivity index is 1.45. The number of urea groups is 1. The number of hydrogen-bond acceptors (Lipinski definition) is 7. The number of nitrogens with one attached hydrogen (secondary N) is 1. The molecule has 0 bridgehead atoms. The van der Waals surface area contributed by atoms with Gasteiger partial charge in [0.2, 0.25) is 0 Å². The summed E-state index contributed by atoms with van der Waals surface area (Å²) in [7, 11) is -4.80. The predicted octanol–water partition coefficient (Wildman–Crippen LogP) is 3.22. The van der Waals surface area contributed by atoms with E-state index in [0.29, 0.717) is 37.4 Å². The summed E-state index contributed by atoms with van der Waals surface area (Å²) >= 11 is 0. The van der Waals surface area contributed by atoms with E-state index in [-0.39, 0.29) is 6.01 Å². The molecule has 1 fully saturated rings. The van der Waals surface area contributed by atoms with Crippen molar-refractivity contribution in [1.82, 2.24) is 9.45 Å². The number of rotatable bonds is 5. The van der Waals surface area contributed by atoms with Crippen molar-refractivity contribution in [3.05, 3.63) is 45.5 Å². The molecule has 5 rings (SSSR count). The molecule has 10 nitrogen and oxygen atoms in total. The summed E-state index contributed by atoms with van der Waals surface area (Å²) in [6.45, 7) is 2.33. The minimum absolute atomic E-state index is 0.227. The summed E-state index contributed by atoms with van der Waals surface area (Å²) in [6, 6.07) is 0.139. The van der Waals surface area contributed by atoms with Gasteiger partial charge in [-0.05, 0) is 80.5 Å². The fourth-order valence-corrected chi connectivity index (χ4v) is 6.39. The van der Waals surface area contributed by atoms with Crippen LogP contribution in [-0.2, 0) is 40.6 Å². The first-order valence-corrected chi connectivity index (χ1v) is 12.7. The lowest BCUT2D eigenvalue weighted by Gasteiger charge is -2.38. The van der Waals surface area contributed by atoms with Gasteiger partial charge in [0.1, 0.15) is 6.26 Å². The smallest absolute Gasteiger partial charge is 0.326 e. The highest BCUT2D eigenvalue weighted by molar-refractivity contribution is 7.91. The van der Waals surface area contributed by atoms with E-state index < -0.39 is 26.8 Å². The highest BCUT2D eigenvalue weighted by atomic mass is 32.2. The van der Waals surface area contributed by atoms with Gasteiger partial charge in [-0.2, -0.15) is 13.4 Å². The van der Waals surface area contributed by atoms with Crippen LogP contribution in [0.2, 0.25) is 0 Å². The minimum Gasteiger partial charge on any atom is -0.740 e. The van der Waals surface area contributed by atoms with Gasteiger partial charge >= 0.3 is 22.3 Å². The predicted molar refractivity (Wildman–Crippen MR) is 121 cm³/mol. The number of carbonyl (C=O) groups excluding carboxylic acids is 1. The van der Waals surface area contributed by atoms with Crippen LogP contribution in [0.4, 0.5) is 16.5 Å². The van der Waals surface area contributed by atoms with E-state index in [1.165, 1.54) is 17.4 Å². The summed E-state index contributed by atoms with van der Waals surface area (Å²) < 4.78 is 37.8. The minimum atomic E-state index is -4.80. The van der Waals surface area contributed by atoms with Crippen molar-refractivity contribution in [2.75, 3.05) is 22.8 Å². The average molecular weight is 476 g/mol. The Kier molecular flexibility index (Phi) is 5.79. The van der Waals surface area contributed by atoms with Crippen LogP contribution in [0.15, 0.2) is 16.7 Å². The molecule has 1 aliphatic heterocycles. The Morgan fingerprint density at radius 2 is 1.76 bits per heavy atom. The van der Waals surface area contributed by atoms with Crippen LogP contribution < -0.4 is 9.62 Å². The Morgan fingerprint density at radius 3 is 2.33 bits per heavy atom. The lowest BCUT2D eigenvalue weighted by Crippen LogP contribution is -2.51. The normalized spacial score (nSPS) is 18.1. The largest absolute Gasteiger partial charge is 0.740 e. The first-order valence-electron chi connectivity index (χ1n) is 11.4. The van der Waals surface area contributed by atoms with Crippen molar-refractivity contribution in [2.45, 2.75) is 64.3 Å². The molecule has 2 heterocycles. The summed E-state index contributed by atoms with van der Waals surface area (Å²) in [5, 5.41) is 15.7. The quantitative estimate of drug-likeness (QED) is 0.658. The molecule has 0 radical (unpaired) electrons. The number of hydroxylamine groups is 1. The van der Waals surface area contributed by atoms with E-state index >= 15 is 0 Å². The van der Waals surface area contributed by atoms with Crippen LogP contribution in [0, 0.1) is 12.1 Å². The molecule has 1 aromatic heterocycles. The number of benzene rings is 1. The number of oxazole rings is 1. The zero-order valence-electron chi connectivity index (χ0n) is 18.5. The third-order valence-electron chi connectivity index (χ3n) is 6.65. The molecule has 0 spiro atoms.